The quantitative estimate of drug-likeness (QED) is 0.805. The average molecular weight is 282 g/mol. The molecule has 0 aromatic heterocycles. The summed E-state index contributed by atoms with van der Waals surface area (Å²) in [6.45, 7) is 2.27. The predicted octanol–water partition coefficient (Wildman–Crippen LogP) is 0.712. The summed E-state index contributed by atoms with van der Waals surface area (Å²) in [7, 11) is 0. The molecule has 2 saturated heterocycles. The average Bonchev–Trinajstić information content (AvgIpc) is 2.82. The van der Waals surface area contributed by atoms with Crippen molar-refractivity contribution in [3.63, 3.8) is 0 Å². The van der Waals surface area contributed by atoms with Gasteiger partial charge in [-0.05, 0) is 31.6 Å². The number of aliphatic carboxylic acids is 1. The van der Waals surface area contributed by atoms with Crippen LogP contribution < -0.4 is 0 Å². The number of carbonyl (C=O) groups is 3. The van der Waals surface area contributed by atoms with E-state index >= 15 is 0 Å². The van der Waals surface area contributed by atoms with Crippen molar-refractivity contribution in [1.82, 2.24) is 9.80 Å². The Kier molecular flexibility index (Phi) is 4.98. The van der Waals surface area contributed by atoms with Gasteiger partial charge in [-0.2, -0.15) is 0 Å². The molecule has 20 heavy (non-hydrogen) atoms. The number of piperidine rings is 1. The van der Waals surface area contributed by atoms with Gasteiger partial charge in [0.05, 0.1) is 6.54 Å². The van der Waals surface area contributed by atoms with E-state index in [-0.39, 0.29) is 24.8 Å². The topological polar surface area (TPSA) is 77.9 Å². The third-order valence-electron chi connectivity index (χ3n) is 4.23. The number of likely N-dealkylation sites (tertiary alicyclic amines) is 2. The van der Waals surface area contributed by atoms with Crippen LogP contribution in [-0.2, 0) is 14.4 Å². The monoisotopic (exact) mass is 282 g/mol. The summed E-state index contributed by atoms with van der Waals surface area (Å²) in [5.74, 6) is -0.244. The number of nitrogens with zero attached hydrogens (tertiary/aromatic N) is 2. The van der Waals surface area contributed by atoms with Crippen LogP contribution in [0.25, 0.3) is 0 Å². The molecular formula is C14H22N2O4. The smallest absolute Gasteiger partial charge is 0.303 e. The van der Waals surface area contributed by atoms with Crippen molar-refractivity contribution < 1.29 is 19.5 Å². The minimum Gasteiger partial charge on any atom is -0.481 e. The van der Waals surface area contributed by atoms with Gasteiger partial charge in [0, 0.05) is 32.5 Å². The van der Waals surface area contributed by atoms with Gasteiger partial charge < -0.3 is 14.9 Å². The summed E-state index contributed by atoms with van der Waals surface area (Å²) in [5.41, 5.74) is 0. The van der Waals surface area contributed by atoms with Gasteiger partial charge in [0.1, 0.15) is 0 Å². The van der Waals surface area contributed by atoms with E-state index in [0.717, 1.165) is 19.3 Å². The van der Waals surface area contributed by atoms with E-state index in [4.69, 9.17) is 5.11 Å². The van der Waals surface area contributed by atoms with Gasteiger partial charge in [-0.25, -0.2) is 0 Å². The van der Waals surface area contributed by atoms with Gasteiger partial charge in [0.2, 0.25) is 11.8 Å². The maximum atomic E-state index is 12.1. The van der Waals surface area contributed by atoms with E-state index in [0.29, 0.717) is 38.4 Å². The second-order valence-electron chi connectivity index (χ2n) is 5.68. The van der Waals surface area contributed by atoms with Crippen molar-refractivity contribution in [2.24, 2.45) is 5.92 Å². The zero-order valence-corrected chi connectivity index (χ0v) is 11.7. The van der Waals surface area contributed by atoms with E-state index in [2.05, 4.69) is 0 Å². The fourth-order valence-corrected chi connectivity index (χ4v) is 2.93. The Balaban J connectivity index is 1.71. The molecule has 2 fully saturated rings. The summed E-state index contributed by atoms with van der Waals surface area (Å²) in [6, 6.07) is 0. The molecule has 0 unspecified atom stereocenters. The van der Waals surface area contributed by atoms with Gasteiger partial charge in [0.25, 0.3) is 0 Å². The molecule has 112 valence electrons. The first-order chi connectivity index (χ1) is 9.56. The molecule has 2 amide bonds. The van der Waals surface area contributed by atoms with Crippen molar-refractivity contribution in [2.75, 3.05) is 26.2 Å². The summed E-state index contributed by atoms with van der Waals surface area (Å²) in [6.07, 6.45) is 4.05. The van der Waals surface area contributed by atoms with E-state index in [1.807, 2.05) is 4.90 Å². The van der Waals surface area contributed by atoms with Gasteiger partial charge in [0.15, 0.2) is 0 Å². The highest BCUT2D eigenvalue weighted by atomic mass is 16.4. The SMILES string of the molecule is O=C(O)CCC1CCN(C(=O)CN2CCCC2=O)CC1. The molecule has 0 bridgehead atoms. The summed E-state index contributed by atoms with van der Waals surface area (Å²) < 4.78 is 0. The fraction of sp³-hybridized carbons (Fsp3) is 0.786. The molecule has 0 spiro atoms. The molecule has 2 rings (SSSR count). The van der Waals surface area contributed by atoms with Gasteiger partial charge in [-0.3, -0.25) is 14.4 Å². The highest BCUT2D eigenvalue weighted by Gasteiger charge is 2.27. The van der Waals surface area contributed by atoms with Gasteiger partial charge >= 0.3 is 5.97 Å². The van der Waals surface area contributed by atoms with Crippen molar-refractivity contribution in [1.29, 1.82) is 0 Å². The lowest BCUT2D eigenvalue weighted by atomic mass is 9.92. The highest BCUT2D eigenvalue weighted by molar-refractivity contribution is 5.85. The van der Waals surface area contributed by atoms with E-state index in [1.165, 1.54) is 0 Å². The van der Waals surface area contributed by atoms with Crippen LogP contribution in [0.1, 0.15) is 38.5 Å². The van der Waals surface area contributed by atoms with E-state index in [9.17, 15) is 14.4 Å². The van der Waals surface area contributed by atoms with Crippen LogP contribution in [-0.4, -0.2) is 58.9 Å². The zero-order valence-electron chi connectivity index (χ0n) is 11.7. The Morgan fingerprint density at radius 2 is 1.90 bits per heavy atom. The minimum atomic E-state index is -0.754. The fourth-order valence-electron chi connectivity index (χ4n) is 2.93. The first-order valence-electron chi connectivity index (χ1n) is 7.33. The van der Waals surface area contributed by atoms with Gasteiger partial charge in [-0.15, -0.1) is 0 Å². The molecular weight excluding hydrogens is 260 g/mol. The molecule has 0 radical (unpaired) electrons. The molecule has 6 heteroatoms. The minimum absolute atomic E-state index is 0.0249. The summed E-state index contributed by atoms with van der Waals surface area (Å²) >= 11 is 0. The Bertz CT molecular complexity index is 389. The Morgan fingerprint density at radius 3 is 2.45 bits per heavy atom. The number of carboxylic acids is 1. The Morgan fingerprint density at radius 1 is 1.20 bits per heavy atom. The van der Waals surface area contributed by atoms with Crippen LogP contribution in [0.4, 0.5) is 0 Å². The Labute approximate surface area is 118 Å². The summed E-state index contributed by atoms with van der Waals surface area (Å²) in [5, 5.41) is 8.67. The standard InChI is InChI=1S/C14H22N2O4/c17-12-2-1-7-16(12)10-13(18)15-8-5-11(6-9-15)3-4-14(19)20/h11H,1-10H2,(H,19,20). The molecule has 0 saturated carbocycles. The number of carboxylic acid groups (broad SMARTS) is 1. The van der Waals surface area contributed by atoms with Crippen LogP contribution in [0.5, 0.6) is 0 Å². The van der Waals surface area contributed by atoms with Crippen LogP contribution in [0.3, 0.4) is 0 Å². The second-order valence-corrected chi connectivity index (χ2v) is 5.68. The third kappa shape index (κ3) is 3.95. The number of carbonyl (C=O) groups excluding carboxylic acids is 2. The Hall–Kier alpha value is -1.59. The number of hydrogen-bond acceptors (Lipinski definition) is 3. The predicted molar refractivity (Wildman–Crippen MR) is 72.0 cm³/mol. The highest BCUT2D eigenvalue weighted by Crippen LogP contribution is 2.22. The summed E-state index contributed by atoms with van der Waals surface area (Å²) in [4.78, 5) is 37.6. The molecule has 2 aliphatic heterocycles. The molecule has 6 nitrogen and oxygen atoms in total. The van der Waals surface area contributed by atoms with Crippen molar-refractivity contribution >= 4 is 17.8 Å². The molecule has 2 heterocycles. The zero-order chi connectivity index (χ0) is 14.5. The van der Waals surface area contributed by atoms with E-state index in [1.54, 1.807) is 4.90 Å². The van der Waals surface area contributed by atoms with Crippen molar-refractivity contribution in [3.8, 4) is 0 Å². The molecule has 0 aromatic carbocycles. The first kappa shape index (κ1) is 14.8. The van der Waals surface area contributed by atoms with Crippen molar-refractivity contribution in [3.05, 3.63) is 0 Å². The van der Waals surface area contributed by atoms with Crippen LogP contribution >= 0.6 is 0 Å². The van der Waals surface area contributed by atoms with Crippen LogP contribution in [0.15, 0.2) is 0 Å². The third-order valence-corrected chi connectivity index (χ3v) is 4.23. The maximum Gasteiger partial charge on any atom is 0.303 e. The number of hydrogen-bond donors (Lipinski definition) is 1. The molecule has 1 N–H and O–H groups in total. The maximum absolute atomic E-state index is 12.1. The lowest BCUT2D eigenvalue weighted by Gasteiger charge is -2.33. The van der Waals surface area contributed by atoms with E-state index < -0.39 is 5.97 Å². The molecule has 0 atom stereocenters. The first-order valence-corrected chi connectivity index (χ1v) is 7.33. The number of rotatable bonds is 5. The van der Waals surface area contributed by atoms with Crippen LogP contribution in [0, 0.1) is 5.92 Å². The lowest BCUT2D eigenvalue weighted by Crippen LogP contribution is -2.44. The molecule has 0 aliphatic carbocycles. The van der Waals surface area contributed by atoms with Gasteiger partial charge in [-0.1, -0.05) is 0 Å². The molecule has 0 aromatic rings. The second kappa shape index (κ2) is 6.72. The normalized spacial score (nSPS) is 20.5. The molecule has 2 aliphatic rings. The largest absolute Gasteiger partial charge is 0.481 e. The van der Waals surface area contributed by atoms with Crippen molar-refractivity contribution in [2.45, 2.75) is 38.5 Å². The lowest BCUT2D eigenvalue weighted by molar-refractivity contribution is -0.139. The number of amides is 2. The van der Waals surface area contributed by atoms with Crippen LogP contribution in [0.2, 0.25) is 0 Å².